The maximum atomic E-state index is 5.91. The van der Waals surface area contributed by atoms with E-state index in [4.69, 9.17) is 4.42 Å². The minimum atomic E-state index is 0.325. The van der Waals surface area contributed by atoms with E-state index in [-0.39, 0.29) is 0 Å². The molecule has 3 aromatic rings. The predicted octanol–water partition coefficient (Wildman–Crippen LogP) is 3.04. The van der Waals surface area contributed by atoms with Gasteiger partial charge in [0.25, 0.3) is 0 Å². The number of aromatic nitrogens is 3. The van der Waals surface area contributed by atoms with E-state index in [0.717, 1.165) is 37.6 Å². The summed E-state index contributed by atoms with van der Waals surface area (Å²) in [5.74, 6) is 1.79. The zero-order valence-electron chi connectivity index (χ0n) is 13.5. The molecular weight excluding hydrogens is 300 g/mol. The predicted molar refractivity (Wildman–Crippen MR) is 90.4 cm³/mol. The molecule has 2 aromatic heterocycles. The van der Waals surface area contributed by atoms with E-state index in [1.807, 2.05) is 36.5 Å². The fourth-order valence-corrected chi connectivity index (χ4v) is 3.17. The fraction of sp³-hybridized carbons (Fsp3) is 0.316. The van der Waals surface area contributed by atoms with Gasteiger partial charge in [0.1, 0.15) is 0 Å². The maximum Gasteiger partial charge on any atom is 0.220 e. The molecule has 0 spiro atoms. The van der Waals surface area contributed by atoms with Gasteiger partial charge in [0.05, 0.1) is 18.0 Å². The van der Waals surface area contributed by atoms with E-state index < -0.39 is 0 Å². The van der Waals surface area contributed by atoms with Gasteiger partial charge >= 0.3 is 0 Å². The number of rotatable bonds is 5. The Morgan fingerprint density at radius 2 is 1.92 bits per heavy atom. The third-order valence-corrected chi connectivity index (χ3v) is 4.41. The van der Waals surface area contributed by atoms with Gasteiger partial charge in [0, 0.05) is 19.3 Å². The number of likely N-dealkylation sites (tertiary alicyclic amines) is 1. The van der Waals surface area contributed by atoms with Crippen LogP contribution in [0.5, 0.6) is 0 Å². The SMILES string of the molecule is c1ccc(Cc2nnc([C@H]3CCN(Cc4ccccn4)C3)o2)cc1. The lowest BCUT2D eigenvalue weighted by molar-refractivity contribution is 0.315. The first-order valence-electron chi connectivity index (χ1n) is 8.35. The van der Waals surface area contributed by atoms with Crippen LogP contribution in [0.4, 0.5) is 0 Å². The molecular formula is C19H20N4O. The molecule has 1 atom stereocenters. The zero-order chi connectivity index (χ0) is 16.2. The van der Waals surface area contributed by atoms with Crippen molar-refractivity contribution in [2.45, 2.75) is 25.3 Å². The summed E-state index contributed by atoms with van der Waals surface area (Å²) in [5.41, 5.74) is 2.30. The summed E-state index contributed by atoms with van der Waals surface area (Å²) in [7, 11) is 0. The summed E-state index contributed by atoms with van der Waals surface area (Å²) < 4.78 is 5.91. The fourth-order valence-electron chi connectivity index (χ4n) is 3.17. The van der Waals surface area contributed by atoms with Gasteiger partial charge in [-0.3, -0.25) is 9.88 Å². The second-order valence-electron chi connectivity index (χ2n) is 6.24. The van der Waals surface area contributed by atoms with Crippen LogP contribution in [-0.2, 0) is 13.0 Å². The molecule has 0 amide bonds. The van der Waals surface area contributed by atoms with Gasteiger partial charge < -0.3 is 4.42 Å². The molecule has 0 radical (unpaired) electrons. The number of hydrogen-bond donors (Lipinski definition) is 0. The second kappa shape index (κ2) is 6.93. The highest BCUT2D eigenvalue weighted by Crippen LogP contribution is 2.27. The largest absolute Gasteiger partial charge is 0.425 e. The molecule has 122 valence electrons. The molecule has 1 aromatic carbocycles. The molecule has 0 bridgehead atoms. The molecule has 0 saturated carbocycles. The molecule has 3 heterocycles. The van der Waals surface area contributed by atoms with Gasteiger partial charge in [-0.05, 0) is 30.7 Å². The molecule has 1 fully saturated rings. The molecule has 5 heteroatoms. The van der Waals surface area contributed by atoms with E-state index in [0.29, 0.717) is 18.2 Å². The number of benzene rings is 1. The lowest BCUT2D eigenvalue weighted by Crippen LogP contribution is -2.20. The van der Waals surface area contributed by atoms with E-state index in [1.165, 1.54) is 5.56 Å². The standard InChI is InChI=1S/C19H20N4O/c1-2-6-15(7-3-1)12-18-21-22-19(24-18)16-9-11-23(13-16)14-17-8-4-5-10-20-17/h1-8,10,16H,9,11-14H2/t16-/m0/s1. The first-order valence-corrected chi connectivity index (χ1v) is 8.35. The summed E-state index contributed by atoms with van der Waals surface area (Å²) in [6.45, 7) is 2.86. The van der Waals surface area contributed by atoms with E-state index in [2.05, 4.69) is 38.3 Å². The molecule has 1 aliphatic heterocycles. The molecule has 0 N–H and O–H groups in total. The highest BCUT2D eigenvalue weighted by molar-refractivity contribution is 5.18. The van der Waals surface area contributed by atoms with Crippen LogP contribution in [0.1, 0.15) is 35.4 Å². The lowest BCUT2D eigenvalue weighted by atomic mass is 10.1. The average molecular weight is 320 g/mol. The summed E-state index contributed by atoms with van der Waals surface area (Å²) in [6.07, 6.45) is 3.59. The smallest absolute Gasteiger partial charge is 0.220 e. The van der Waals surface area contributed by atoms with Crippen molar-refractivity contribution in [1.82, 2.24) is 20.1 Å². The first-order chi connectivity index (χ1) is 11.9. The zero-order valence-corrected chi connectivity index (χ0v) is 13.5. The van der Waals surface area contributed by atoms with Crippen molar-refractivity contribution in [3.05, 3.63) is 77.8 Å². The van der Waals surface area contributed by atoms with Crippen LogP contribution in [0.25, 0.3) is 0 Å². The Bertz CT molecular complexity index is 772. The van der Waals surface area contributed by atoms with Crippen LogP contribution in [0.15, 0.2) is 59.1 Å². The van der Waals surface area contributed by atoms with E-state index in [9.17, 15) is 0 Å². The van der Waals surface area contributed by atoms with Crippen LogP contribution >= 0.6 is 0 Å². The van der Waals surface area contributed by atoms with Crippen LogP contribution in [-0.4, -0.2) is 33.2 Å². The van der Waals surface area contributed by atoms with Gasteiger partial charge in [0.15, 0.2) is 0 Å². The quantitative estimate of drug-likeness (QED) is 0.723. The highest BCUT2D eigenvalue weighted by Gasteiger charge is 2.28. The monoisotopic (exact) mass is 320 g/mol. The van der Waals surface area contributed by atoms with Crippen molar-refractivity contribution >= 4 is 0 Å². The Morgan fingerprint density at radius 1 is 1.04 bits per heavy atom. The van der Waals surface area contributed by atoms with E-state index >= 15 is 0 Å². The Kier molecular flexibility index (Phi) is 4.34. The molecule has 1 saturated heterocycles. The van der Waals surface area contributed by atoms with Crippen molar-refractivity contribution in [3.63, 3.8) is 0 Å². The van der Waals surface area contributed by atoms with Crippen molar-refractivity contribution in [1.29, 1.82) is 0 Å². The highest BCUT2D eigenvalue weighted by atomic mass is 16.4. The Hall–Kier alpha value is -2.53. The topological polar surface area (TPSA) is 55.1 Å². The summed E-state index contributed by atoms with van der Waals surface area (Å²) in [5, 5.41) is 8.49. The first kappa shape index (κ1) is 15.0. The minimum absolute atomic E-state index is 0.325. The van der Waals surface area contributed by atoms with Gasteiger partial charge in [-0.1, -0.05) is 36.4 Å². The lowest BCUT2D eigenvalue weighted by Gasteiger charge is -2.14. The third kappa shape index (κ3) is 3.51. The number of hydrogen-bond acceptors (Lipinski definition) is 5. The van der Waals surface area contributed by atoms with Crippen molar-refractivity contribution in [2.75, 3.05) is 13.1 Å². The number of nitrogens with zero attached hydrogens (tertiary/aromatic N) is 4. The molecule has 0 unspecified atom stereocenters. The van der Waals surface area contributed by atoms with Crippen LogP contribution in [0.2, 0.25) is 0 Å². The maximum absolute atomic E-state index is 5.91. The molecule has 0 aliphatic carbocycles. The molecule has 24 heavy (non-hydrogen) atoms. The van der Waals surface area contributed by atoms with Crippen LogP contribution in [0, 0.1) is 0 Å². The summed E-state index contributed by atoms with van der Waals surface area (Å²) in [6, 6.07) is 16.3. The van der Waals surface area contributed by atoms with Crippen molar-refractivity contribution in [3.8, 4) is 0 Å². The van der Waals surface area contributed by atoms with Crippen molar-refractivity contribution < 1.29 is 4.42 Å². The Labute approximate surface area is 141 Å². The van der Waals surface area contributed by atoms with Crippen molar-refractivity contribution in [2.24, 2.45) is 0 Å². The van der Waals surface area contributed by atoms with Gasteiger partial charge in [-0.15, -0.1) is 10.2 Å². The second-order valence-corrected chi connectivity index (χ2v) is 6.24. The summed E-state index contributed by atoms with van der Waals surface area (Å²) >= 11 is 0. The van der Waals surface area contributed by atoms with Crippen LogP contribution in [0.3, 0.4) is 0 Å². The Morgan fingerprint density at radius 3 is 2.75 bits per heavy atom. The van der Waals surface area contributed by atoms with Gasteiger partial charge in [0.2, 0.25) is 11.8 Å². The molecule has 5 nitrogen and oxygen atoms in total. The van der Waals surface area contributed by atoms with Gasteiger partial charge in [-0.25, -0.2) is 0 Å². The third-order valence-electron chi connectivity index (χ3n) is 4.41. The molecule has 4 rings (SSSR count). The normalized spacial score (nSPS) is 18.1. The number of pyridine rings is 1. The van der Waals surface area contributed by atoms with E-state index in [1.54, 1.807) is 0 Å². The minimum Gasteiger partial charge on any atom is -0.425 e. The van der Waals surface area contributed by atoms with Crippen LogP contribution < -0.4 is 0 Å². The summed E-state index contributed by atoms with van der Waals surface area (Å²) in [4.78, 5) is 6.79. The molecule has 1 aliphatic rings. The Balaban J connectivity index is 1.37. The average Bonchev–Trinajstić information content (AvgIpc) is 3.26. The van der Waals surface area contributed by atoms with Gasteiger partial charge in [-0.2, -0.15) is 0 Å².